The van der Waals surface area contributed by atoms with Gasteiger partial charge in [-0.2, -0.15) is 0 Å². The lowest BCUT2D eigenvalue weighted by molar-refractivity contribution is 0.669. The Morgan fingerprint density at radius 3 is 1.75 bits per heavy atom. The third-order valence-electron chi connectivity index (χ3n) is 8.99. The Hall–Kier alpha value is -6.00. The maximum Gasteiger partial charge on any atom is 0.235 e. The van der Waals surface area contributed by atoms with Crippen LogP contribution in [0.4, 0.5) is 0 Å². The second-order valence-corrected chi connectivity index (χ2v) is 11.4. The lowest BCUT2D eigenvalue weighted by Gasteiger charge is -2.14. The molecule has 0 aliphatic heterocycles. The molecule has 7 aromatic carbocycles. The van der Waals surface area contributed by atoms with E-state index >= 15 is 0 Å². The molecular weight excluding hydrogens is 538 g/mol. The molecule has 0 amide bonds. The fourth-order valence-electron chi connectivity index (χ4n) is 7.08. The first-order valence-corrected chi connectivity index (χ1v) is 14.8. The fourth-order valence-corrected chi connectivity index (χ4v) is 7.08. The number of rotatable bonds is 2. The molecule has 3 heterocycles. The highest BCUT2D eigenvalue weighted by atomic mass is 16.3. The Labute approximate surface area is 251 Å². The highest BCUT2D eigenvalue weighted by Gasteiger charge is 2.22. The summed E-state index contributed by atoms with van der Waals surface area (Å²) in [5.74, 6) is 0.649. The smallest absolute Gasteiger partial charge is 0.235 e. The minimum Gasteiger partial charge on any atom is -0.456 e. The molecule has 0 radical (unpaired) electrons. The predicted octanol–water partition coefficient (Wildman–Crippen LogP) is 10.6. The van der Waals surface area contributed by atoms with Crippen LogP contribution < -0.4 is 0 Å². The number of furan rings is 1. The molecule has 0 N–H and O–H groups in total. The molecule has 10 rings (SSSR count). The molecule has 0 aliphatic rings. The summed E-state index contributed by atoms with van der Waals surface area (Å²) in [6.07, 6.45) is 0. The van der Waals surface area contributed by atoms with Crippen LogP contribution in [0.15, 0.2) is 144 Å². The van der Waals surface area contributed by atoms with E-state index in [1.807, 2.05) is 24.3 Å². The van der Waals surface area contributed by atoms with E-state index in [2.05, 4.69) is 120 Å². The van der Waals surface area contributed by atoms with Gasteiger partial charge in [0.1, 0.15) is 11.2 Å². The zero-order valence-corrected chi connectivity index (χ0v) is 23.5. The second-order valence-electron chi connectivity index (χ2n) is 11.4. The number of hydrogen-bond acceptors (Lipinski definition) is 3. The summed E-state index contributed by atoms with van der Waals surface area (Å²) < 4.78 is 8.58. The lowest BCUT2D eigenvalue weighted by Crippen LogP contribution is -2.04. The highest BCUT2D eigenvalue weighted by molar-refractivity contribution is 6.24. The number of benzene rings is 7. The lowest BCUT2D eigenvalue weighted by atomic mass is 10.0. The van der Waals surface area contributed by atoms with Crippen LogP contribution in [0.5, 0.6) is 0 Å². The largest absolute Gasteiger partial charge is 0.456 e. The minimum atomic E-state index is 0.649. The van der Waals surface area contributed by atoms with Crippen molar-refractivity contribution in [2.45, 2.75) is 0 Å². The summed E-state index contributed by atoms with van der Waals surface area (Å²) in [6, 6.07) is 48.9. The van der Waals surface area contributed by atoms with Gasteiger partial charge in [-0.25, -0.2) is 9.97 Å². The Bertz CT molecular complexity index is 2690. The average molecular weight is 562 g/mol. The SMILES string of the molecule is c1ccc2c(c1)ccc1c3ccc4ccccc4c3n(-c3nc(-c4cccc5oc6ccccc6c45)c4ccccc4n3)c21. The normalized spacial score (nSPS) is 12.1. The first-order valence-electron chi connectivity index (χ1n) is 14.8. The van der Waals surface area contributed by atoms with Gasteiger partial charge in [-0.15, -0.1) is 0 Å². The zero-order valence-electron chi connectivity index (χ0n) is 23.5. The van der Waals surface area contributed by atoms with Crippen LogP contribution in [-0.4, -0.2) is 14.5 Å². The van der Waals surface area contributed by atoms with Gasteiger partial charge in [-0.05, 0) is 29.0 Å². The highest BCUT2D eigenvalue weighted by Crippen LogP contribution is 2.42. The third kappa shape index (κ3) is 3.17. The van der Waals surface area contributed by atoms with Crippen LogP contribution in [0.1, 0.15) is 0 Å². The minimum absolute atomic E-state index is 0.649. The average Bonchev–Trinajstić information content (AvgIpc) is 3.64. The summed E-state index contributed by atoms with van der Waals surface area (Å²) >= 11 is 0. The van der Waals surface area contributed by atoms with Crippen molar-refractivity contribution < 1.29 is 4.42 Å². The molecule has 0 saturated carbocycles. The van der Waals surface area contributed by atoms with E-state index in [9.17, 15) is 0 Å². The van der Waals surface area contributed by atoms with Gasteiger partial charge in [0.25, 0.3) is 0 Å². The first-order chi connectivity index (χ1) is 21.8. The number of para-hydroxylation sites is 2. The maximum absolute atomic E-state index is 6.29. The van der Waals surface area contributed by atoms with Gasteiger partial charge in [-0.3, -0.25) is 4.57 Å². The molecule has 44 heavy (non-hydrogen) atoms. The molecule has 10 aromatic rings. The summed E-state index contributed by atoms with van der Waals surface area (Å²) in [4.78, 5) is 10.8. The zero-order chi connectivity index (χ0) is 28.8. The standard InChI is InChI=1S/C40H23N3O/c1-3-12-26-24(10-1)20-22-28-29-23-21-25-11-2-4-13-27(25)39(29)43(38(26)28)40-41-33-17-7-5-14-30(33)37(42-40)32-16-9-19-35-36(32)31-15-6-8-18-34(31)44-35/h1-23H. The molecule has 0 fully saturated rings. The topological polar surface area (TPSA) is 43.9 Å². The van der Waals surface area contributed by atoms with E-state index in [0.717, 1.165) is 55.1 Å². The number of aromatic nitrogens is 3. The molecule has 4 nitrogen and oxygen atoms in total. The van der Waals surface area contributed by atoms with Crippen LogP contribution in [0, 0.1) is 0 Å². The number of hydrogen-bond donors (Lipinski definition) is 0. The summed E-state index contributed by atoms with van der Waals surface area (Å²) in [5, 5.41) is 10.2. The van der Waals surface area contributed by atoms with Crippen LogP contribution in [-0.2, 0) is 0 Å². The molecule has 3 aromatic heterocycles. The van der Waals surface area contributed by atoms with Crippen molar-refractivity contribution in [1.82, 2.24) is 14.5 Å². The molecule has 0 unspecified atom stereocenters. The van der Waals surface area contributed by atoms with Crippen LogP contribution >= 0.6 is 0 Å². The third-order valence-corrected chi connectivity index (χ3v) is 8.99. The van der Waals surface area contributed by atoms with Gasteiger partial charge < -0.3 is 4.42 Å². The predicted molar refractivity (Wildman–Crippen MR) is 182 cm³/mol. The van der Waals surface area contributed by atoms with Crippen molar-refractivity contribution in [3.05, 3.63) is 140 Å². The van der Waals surface area contributed by atoms with E-state index in [0.29, 0.717) is 5.95 Å². The van der Waals surface area contributed by atoms with Crippen LogP contribution in [0.3, 0.4) is 0 Å². The van der Waals surface area contributed by atoms with Crippen molar-refractivity contribution in [2.75, 3.05) is 0 Å². The van der Waals surface area contributed by atoms with E-state index in [1.165, 1.54) is 32.3 Å². The van der Waals surface area contributed by atoms with Gasteiger partial charge in [0.2, 0.25) is 5.95 Å². The number of nitrogens with zero attached hydrogens (tertiary/aromatic N) is 3. The summed E-state index contributed by atoms with van der Waals surface area (Å²) in [6.45, 7) is 0. The van der Waals surface area contributed by atoms with Gasteiger partial charge >= 0.3 is 0 Å². The fraction of sp³-hybridized carbons (Fsp3) is 0. The number of fused-ring (bicyclic) bond motifs is 11. The van der Waals surface area contributed by atoms with Crippen molar-refractivity contribution in [2.24, 2.45) is 0 Å². The maximum atomic E-state index is 6.29. The molecule has 0 spiro atoms. The molecule has 0 bridgehead atoms. The quantitative estimate of drug-likeness (QED) is 0.211. The Kier molecular flexibility index (Phi) is 4.69. The van der Waals surface area contributed by atoms with E-state index < -0.39 is 0 Å². The Morgan fingerprint density at radius 2 is 1.02 bits per heavy atom. The van der Waals surface area contributed by atoms with E-state index in [4.69, 9.17) is 14.4 Å². The van der Waals surface area contributed by atoms with E-state index in [1.54, 1.807) is 0 Å². The van der Waals surface area contributed by atoms with Crippen molar-refractivity contribution in [3.63, 3.8) is 0 Å². The first kappa shape index (κ1) is 23.6. The monoisotopic (exact) mass is 561 g/mol. The van der Waals surface area contributed by atoms with Crippen LogP contribution in [0.25, 0.3) is 93.4 Å². The van der Waals surface area contributed by atoms with Gasteiger partial charge in [0.05, 0.1) is 22.2 Å². The van der Waals surface area contributed by atoms with Gasteiger partial charge in [-0.1, -0.05) is 121 Å². The second kappa shape index (κ2) is 8.76. The van der Waals surface area contributed by atoms with Crippen molar-refractivity contribution in [3.8, 4) is 17.2 Å². The van der Waals surface area contributed by atoms with Crippen LogP contribution in [0.2, 0.25) is 0 Å². The van der Waals surface area contributed by atoms with Crippen molar-refractivity contribution in [1.29, 1.82) is 0 Å². The molecule has 204 valence electrons. The Morgan fingerprint density at radius 1 is 0.432 bits per heavy atom. The summed E-state index contributed by atoms with van der Waals surface area (Å²) in [5.41, 5.74) is 6.76. The molecule has 0 aliphatic carbocycles. The van der Waals surface area contributed by atoms with Gasteiger partial charge in [0, 0.05) is 43.3 Å². The molecule has 4 heteroatoms. The van der Waals surface area contributed by atoms with Gasteiger partial charge in [0.15, 0.2) is 0 Å². The molecule has 0 saturated heterocycles. The molecule has 0 atom stereocenters. The molecular formula is C40H23N3O. The van der Waals surface area contributed by atoms with Crippen molar-refractivity contribution >= 4 is 76.2 Å². The summed E-state index contributed by atoms with van der Waals surface area (Å²) in [7, 11) is 0. The Balaban J connectivity index is 1.41. The van der Waals surface area contributed by atoms with E-state index in [-0.39, 0.29) is 0 Å².